The van der Waals surface area contributed by atoms with Crippen LogP contribution in [0.2, 0.25) is 0 Å². The van der Waals surface area contributed by atoms with Crippen LogP contribution in [-0.2, 0) is 22.6 Å². The van der Waals surface area contributed by atoms with Gasteiger partial charge in [-0.3, -0.25) is 9.59 Å². The Kier molecular flexibility index (Phi) is 7.23. The van der Waals surface area contributed by atoms with Gasteiger partial charge in [-0.05, 0) is 54.3 Å². The number of nitrogens with zero attached hydrogens (tertiary/aromatic N) is 2. The topological polar surface area (TPSA) is 82.4 Å². The van der Waals surface area contributed by atoms with Gasteiger partial charge >= 0.3 is 0 Å². The monoisotopic (exact) mass is 403 g/mol. The summed E-state index contributed by atoms with van der Waals surface area (Å²) < 4.78 is 5.80. The van der Waals surface area contributed by atoms with Crippen LogP contribution in [0.5, 0.6) is 5.75 Å². The molecule has 0 atom stereocenters. The smallest absolute Gasteiger partial charge is 0.224 e. The summed E-state index contributed by atoms with van der Waals surface area (Å²) in [4.78, 5) is 25.8. The Labute approximate surface area is 176 Å². The zero-order valence-electron chi connectivity index (χ0n) is 16.9. The average molecular weight is 403 g/mol. The molecule has 154 valence electrons. The Morgan fingerprint density at radius 3 is 2.77 bits per heavy atom. The molecule has 0 saturated heterocycles. The van der Waals surface area contributed by atoms with E-state index in [1.54, 1.807) is 23.1 Å². The maximum Gasteiger partial charge on any atom is 0.224 e. The number of hydrogen-bond donors (Lipinski definition) is 1. The standard InChI is InChI=1S/C24H25N3O3/c1-2-13-27(17-19-7-5-18(16-25)6-8-19)24(29)4-3-14-30-21-10-11-22-20(15-21)9-12-23(28)26-22/h2,5-8,10-11,15H,1,3-4,9,12-14,17H2,(H,26,28). The minimum atomic E-state index is 0.0380. The Morgan fingerprint density at radius 2 is 2.03 bits per heavy atom. The molecule has 0 saturated carbocycles. The van der Waals surface area contributed by atoms with Gasteiger partial charge in [0.25, 0.3) is 0 Å². The second-order valence-corrected chi connectivity index (χ2v) is 7.19. The first-order chi connectivity index (χ1) is 14.6. The minimum absolute atomic E-state index is 0.0380. The van der Waals surface area contributed by atoms with E-state index in [2.05, 4.69) is 18.0 Å². The number of carbonyl (C=O) groups excluding carboxylic acids is 2. The van der Waals surface area contributed by atoms with E-state index in [-0.39, 0.29) is 11.8 Å². The normalized spacial score (nSPS) is 12.3. The van der Waals surface area contributed by atoms with Gasteiger partial charge in [-0.25, -0.2) is 0 Å². The van der Waals surface area contributed by atoms with Crippen LogP contribution in [0.3, 0.4) is 0 Å². The average Bonchev–Trinajstić information content (AvgIpc) is 2.76. The summed E-state index contributed by atoms with van der Waals surface area (Å²) in [7, 11) is 0. The van der Waals surface area contributed by atoms with Crippen molar-refractivity contribution < 1.29 is 14.3 Å². The van der Waals surface area contributed by atoms with Gasteiger partial charge in [-0.15, -0.1) is 6.58 Å². The summed E-state index contributed by atoms with van der Waals surface area (Å²) >= 11 is 0. The third-order valence-corrected chi connectivity index (χ3v) is 4.93. The molecule has 2 aromatic rings. The lowest BCUT2D eigenvalue weighted by Crippen LogP contribution is -2.30. The highest BCUT2D eigenvalue weighted by atomic mass is 16.5. The summed E-state index contributed by atoms with van der Waals surface area (Å²) in [5, 5.41) is 11.7. The Hall–Kier alpha value is -3.59. The molecule has 6 heteroatoms. The first-order valence-corrected chi connectivity index (χ1v) is 10.0. The molecule has 0 unspecified atom stereocenters. The molecule has 2 amide bonds. The van der Waals surface area contributed by atoms with Crippen LogP contribution >= 0.6 is 0 Å². The van der Waals surface area contributed by atoms with Crippen LogP contribution in [0, 0.1) is 11.3 Å². The van der Waals surface area contributed by atoms with Crippen LogP contribution in [0.25, 0.3) is 0 Å². The van der Waals surface area contributed by atoms with E-state index in [4.69, 9.17) is 10.00 Å². The lowest BCUT2D eigenvalue weighted by molar-refractivity contribution is -0.131. The maximum atomic E-state index is 12.6. The van der Waals surface area contributed by atoms with Gasteiger partial charge in [0.15, 0.2) is 0 Å². The van der Waals surface area contributed by atoms with Crippen molar-refractivity contribution in [3.05, 3.63) is 71.8 Å². The molecule has 0 aromatic heterocycles. The number of anilines is 1. The van der Waals surface area contributed by atoms with E-state index >= 15 is 0 Å². The van der Waals surface area contributed by atoms with Crippen molar-refractivity contribution in [3.8, 4) is 11.8 Å². The molecular weight excluding hydrogens is 378 g/mol. The predicted molar refractivity (Wildman–Crippen MR) is 115 cm³/mol. The second kappa shape index (κ2) is 10.3. The third-order valence-electron chi connectivity index (χ3n) is 4.93. The number of aryl methyl sites for hydroxylation is 1. The van der Waals surface area contributed by atoms with Crippen molar-refractivity contribution in [2.45, 2.75) is 32.2 Å². The molecule has 2 aromatic carbocycles. The number of benzene rings is 2. The highest BCUT2D eigenvalue weighted by Crippen LogP contribution is 2.26. The molecule has 30 heavy (non-hydrogen) atoms. The summed E-state index contributed by atoms with van der Waals surface area (Å²) in [6.07, 6.45) is 3.90. The first-order valence-electron chi connectivity index (χ1n) is 10.0. The molecule has 1 aliphatic rings. The van der Waals surface area contributed by atoms with Crippen molar-refractivity contribution in [1.29, 1.82) is 5.26 Å². The molecule has 1 aliphatic heterocycles. The summed E-state index contributed by atoms with van der Waals surface area (Å²) in [5.74, 6) is 0.827. The lowest BCUT2D eigenvalue weighted by atomic mass is 10.0. The number of ether oxygens (including phenoxy) is 1. The number of hydrogen-bond acceptors (Lipinski definition) is 4. The van der Waals surface area contributed by atoms with Crippen LogP contribution in [0.1, 0.15) is 36.0 Å². The molecule has 0 aliphatic carbocycles. The predicted octanol–water partition coefficient (Wildman–Crippen LogP) is 3.82. The van der Waals surface area contributed by atoms with Crippen LogP contribution in [0.15, 0.2) is 55.1 Å². The largest absolute Gasteiger partial charge is 0.494 e. The molecule has 6 nitrogen and oxygen atoms in total. The van der Waals surface area contributed by atoms with Gasteiger partial charge < -0.3 is 15.0 Å². The van der Waals surface area contributed by atoms with Crippen molar-refractivity contribution in [2.24, 2.45) is 0 Å². The Balaban J connectivity index is 1.47. The number of rotatable bonds is 9. The van der Waals surface area contributed by atoms with Crippen LogP contribution < -0.4 is 10.1 Å². The van der Waals surface area contributed by atoms with Crippen LogP contribution in [0.4, 0.5) is 5.69 Å². The molecule has 1 N–H and O–H groups in total. The molecule has 0 bridgehead atoms. The van der Waals surface area contributed by atoms with E-state index in [0.29, 0.717) is 50.9 Å². The third kappa shape index (κ3) is 5.71. The highest BCUT2D eigenvalue weighted by Gasteiger charge is 2.15. The summed E-state index contributed by atoms with van der Waals surface area (Å²) in [5.41, 5.74) is 3.49. The maximum absolute atomic E-state index is 12.6. The van der Waals surface area contributed by atoms with E-state index in [9.17, 15) is 9.59 Å². The van der Waals surface area contributed by atoms with Gasteiger partial charge in [0.2, 0.25) is 11.8 Å². The number of fused-ring (bicyclic) bond motifs is 1. The van der Waals surface area contributed by atoms with Crippen LogP contribution in [-0.4, -0.2) is 29.9 Å². The highest BCUT2D eigenvalue weighted by molar-refractivity contribution is 5.94. The first kappa shape index (κ1) is 21.1. The molecular formula is C24H25N3O3. The van der Waals surface area contributed by atoms with Crippen molar-refractivity contribution in [1.82, 2.24) is 4.90 Å². The van der Waals surface area contributed by atoms with E-state index in [1.165, 1.54) is 0 Å². The molecule has 1 heterocycles. The van der Waals surface area contributed by atoms with Crippen molar-refractivity contribution in [3.63, 3.8) is 0 Å². The van der Waals surface area contributed by atoms with Crippen molar-refractivity contribution >= 4 is 17.5 Å². The molecule has 0 spiro atoms. The quantitative estimate of drug-likeness (QED) is 0.510. The zero-order chi connectivity index (χ0) is 21.3. The fourth-order valence-corrected chi connectivity index (χ4v) is 3.34. The Morgan fingerprint density at radius 1 is 1.23 bits per heavy atom. The van der Waals surface area contributed by atoms with Gasteiger partial charge in [0.05, 0.1) is 18.2 Å². The van der Waals surface area contributed by atoms with E-state index in [1.807, 2.05) is 30.3 Å². The number of amides is 2. The van der Waals surface area contributed by atoms with Gasteiger partial charge in [-0.2, -0.15) is 5.26 Å². The fraction of sp³-hybridized carbons (Fsp3) is 0.292. The summed E-state index contributed by atoms with van der Waals surface area (Å²) in [6, 6.07) is 15.0. The minimum Gasteiger partial charge on any atom is -0.494 e. The number of carbonyl (C=O) groups is 2. The number of nitrogens with one attached hydrogen (secondary N) is 1. The fourth-order valence-electron chi connectivity index (χ4n) is 3.34. The van der Waals surface area contributed by atoms with Gasteiger partial charge in [0, 0.05) is 31.6 Å². The zero-order valence-corrected chi connectivity index (χ0v) is 16.9. The van der Waals surface area contributed by atoms with Gasteiger partial charge in [-0.1, -0.05) is 18.2 Å². The lowest BCUT2D eigenvalue weighted by Gasteiger charge is -2.21. The van der Waals surface area contributed by atoms with E-state index in [0.717, 1.165) is 22.6 Å². The van der Waals surface area contributed by atoms with Gasteiger partial charge in [0.1, 0.15) is 5.75 Å². The van der Waals surface area contributed by atoms with Crippen molar-refractivity contribution in [2.75, 3.05) is 18.5 Å². The molecule has 0 fully saturated rings. The Bertz CT molecular complexity index is 961. The summed E-state index contributed by atoms with van der Waals surface area (Å²) in [6.45, 7) is 5.13. The van der Waals surface area contributed by atoms with E-state index < -0.39 is 0 Å². The second-order valence-electron chi connectivity index (χ2n) is 7.19. The molecule has 3 rings (SSSR count). The SMILES string of the molecule is C=CCN(Cc1ccc(C#N)cc1)C(=O)CCCOc1ccc2c(c1)CCC(=O)N2. The molecule has 0 radical (unpaired) electrons. The number of nitriles is 1.